The Balaban J connectivity index is 1.92. The maximum atomic E-state index is 11.8. The molecular weight excluding hydrogens is 314 g/mol. The molecule has 1 amide bonds. The summed E-state index contributed by atoms with van der Waals surface area (Å²) in [6.07, 6.45) is 0. The monoisotopic (exact) mass is 327 g/mol. The molecule has 0 saturated carbocycles. The van der Waals surface area contributed by atoms with E-state index in [1.165, 1.54) is 28.6 Å². The SMILES string of the molecule is NC(=O)[C@@H](Sc1nnnn1-c1ccc(O)cc1)c1ccccc1. The number of phenolic OH excluding ortho intramolecular Hbond substituents is 1. The zero-order valence-corrected chi connectivity index (χ0v) is 12.7. The average Bonchev–Trinajstić information content (AvgIpc) is 3.02. The third-order valence-electron chi connectivity index (χ3n) is 3.12. The number of carbonyl (C=O) groups excluding carboxylic acids is 1. The predicted octanol–water partition coefficient (Wildman–Crippen LogP) is 1.69. The number of thioether (sulfide) groups is 1. The summed E-state index contributed by atoms with van der Waals surface area (Å²) < 4.78 is 1.49. The van der Waals surface area contributed by atoms with Gasteiger partial charge in [0.25, 0.3) is 0 Å². The van der Waals surface area contributed by atoms with Crippen LogP contribution in [0.4, 0.5) is 0 Å². The van der Waals surface area contributed by atoms with Crippen LogP contribution in [0.2, 0.25) is 0 Å². The van der Waals surface area contributed by atoms with Gasteiger partial charge in [0, 0.05) is 0 Å². The molecule has 0 radical (unpaired) electrons. The Bertz CT molecular complexity index is 804. The third-order valence-corrected chi connectivity index (χ3v) is 4.32. The van der Waals surface area contributed by atoms with E-state index in [4.69, 9.17) is 5.73 Å². The van der Waals surface area contributed by atoms with Crippen LogP contribution in [-0.4, -0.2) is 31.2 Å². The number of rotatable bonds is 5. The van der Waals surface area contributed by atoms with Crippen LogP contribution in [0.1, 0.15) is 10.8 Å². The van der Waals surface area contributed by atoms with Crippen molar-refractivity contribution < 1.29 is 9.90 Å². The predicted molar refractivity (Wildman–Crippen MR) is 85.1 cm³/mol. The van der Waals surface area contributed by atoms with E-state index in [0.29, 0.717) is 10.8 Å². The Hall–Kier alpha value is -2.87. The molecule has 3 aromatic rings. The number of hydrogen-bond donors (Lipinski definition) is 2. The Kier molecular flexibility index (Phi) is 4.24. The summed E-state index contributed by atoms with van der Waals surface area (Å²) in [4.78, 5) is 11.8. The second-order valence-electron chi connectivity index (χ2n) is 4.70. The van der Waals surface area contributed by atoms with E-state index >= 15 is 0 Å². The average molecular weight is 327 g/mol. The second kappa shape index (κ2) is 6.49. The van der Waals surface area contributed by atoms with Crippen molar-refractivity contribution in [3.05, 3.63) is 60.2 Å². The first-order chi connectivity index (χ1) is 11.1. The molecule has 1 atom stereocenters. The molecule has 0 unspecified atom stereocenters. The van der Waals surface area contributed by atoms with Crippen LogP contribution in [0.3, 0.4) is 0 Å². The highest BCUT2D eigenvalue weighted by molar-refractivity contribution is 8.00. The molecule has 23 heavy (non-hydrogen) atoms. The lowest BCUT2D eigenvalue weighted by molar-refractivity contribution is -0.117. The van der Waals surface area contributed by atoms with Crippen LogP contribution in [0.15, 0.2) is 59.8 Å². The lowest BCUT2D eigenvalue weighted by Crippen LogP contribution is -2.19. The standard InChI is InChI=1S/C15H13N5O2S/c16-14(22)13(10-4-2-1-3-5-10)23-15-17-18-19-20(15)11-6-8-12(21)9-7-11/h1-9,13,21H,(H2,16,22)/t13-/m0/s1. The number of benzene rings is 2. The zero-order chi connectivity index (χ0) is 16.2. The lowest BCUT2D eigenvalue weighted by Gasteiger charge is -2.12. The number of nitrogens with zero attached hydrogens (tertiary/aromatic N) is 4. The number of phenols is 1. The first-order valence-electron chi connectivity index (χ1n) is 6.74. The largest absolute Gasteiger partial charge is 0.508 e. The van der Waals surface area contributed by atoms with E-state index < -0.39 is 11.2 Å². The summed E-state index contributed by atoms with van der Waals surface area (Å²) in [7, 11) is 0. The van der Waals surface area contributed by atoms with Crippen molar-refractivity contribution in [3.8, 4) is 11.4 Å². The van der Waals surface area contributed by atoms with Gasteiger partial charge in [0.2, 0.25) is 11.1 Å². The highest BCUT2D eigenvalue weighted by Gasteiger charge is 2.23. The van der Waals surface area contributed by atoms with E-state index in [2.05, 4.69) is 15.5 Å². The summed E-state index contributed by atoms with van der Waals surface area (Å²) in [5.74, 6) is -0.322. The van der Waals surface area contributed by atoms with Crippen molar-refractivity contribution in [2.75, 3.05) is 0 Å². The molecule has 1 aromatic heterocycles. The van der Waals surface area contributed by atoms with Gasteiger partial charge in [-0.15, -0.1) is 5.10 Å². The van der Waals surface area contributed by atoms with Gasteiger partial charge < -0.3 is 10.8 Å². The minimum Gasteiger partial charge on any atom is -0.508 e. The summed E-state index contributed by atoms with van der Waals surface area (Å²) in [6.45, 7) is 0. The number of hydrogen-bond acceptors (Lipinski definition) is 6. The maximum absolute atomic E-state index is 11.8. The molecule has 7 nitrogen and oxygen atoms in total. The van der Waals surface area contributed by atoms with Crippen molar-refractivity contribution >= 4 is 17.7 Å². The number of carbonyl (C=O) groups is 1. The molecule has 2 aromatic carbocycles. The number of tetrazole rings is 1. The molecule has 0 aliphatic rings. The first-order valence-corrected chi connectivity index (χ1v) is 7.62. The fourth-order valence-electron chi connectivity index (χ4n) is 2.03. The van der Waals surface area contributed by atoms with Crippen LogP contribution in [-0.2, 0) is 4.79 Å². The van der Waals surface area contributed by atoms with Crippen molar-refractivity contribution in [3.63, 3.8) is 0 Å². The van der Waals surface area contributed by atoms with Gasteiger partial charge in [0.15, 0.2) is 0 Å². The number of primary amides is 1. The van der Waals surface area contributed by atoms with Gasteiger partial charge in [0.1, 0.15) is 11.0 Å². The Morgan fingerprint density at radius 1 is 1.13 bits per heavy atom. The summed E-state index contributed by atoms with van der Waals surface area (Å²) in [5.41, 5.74) is 6.98. The lowest BCUT2D eigenvalue weighted by atomic mass is 10.1. The molecular formula is C15H13N5O2S. The van der Waals surface area contributed by atoms with Crippen LogP contribution in [0.25, 0.3) is 5.69 Å². The fraction of sp³-hybridized carbons (Fsp3) is 0.0667. The molecule has 0 aliphatic carbocycles. The highest BCUT2D eigenvalue weighted by Crippen LogP contribution is 2.34. The van der Waals surface area contributed by atoms with Gasteiger partial charge in [-0.25, -0.2) is 0 Å². The quantitative estimate of drug-likeness (QED) is 0.691. The van der Waals surface area contributed by atoms with Gasteiger partial charge in [-0.1, -0.05) is 42.1 Å². The van der Waals surface area contributed by atoms with Crippen molar-refractivity contribution in [1.29, 1.82) is 0 Å². The van der Waals surface area contributed by atoms with Gasteiger partial charge in [0.05, 0.1) is 5.69 Å². The van der Waals surface area contributed by atoms with Crippen molar-refractivity contribution in [1.82, 2.24) is 20.2 Å². The fourth-order valence-corrected chi connectivity index (χ4v) is 2.98. The molecule has 0 saturated heterocycles. The Morgan fingerprint density at radius 3 is 2.48 bits per heavy atom. The maximum Gasteiger partial charge on any atom is 0.235 e. The van der Waals surface area contributed by atoms with Crippen molar-refractivity contribution in [2.24, 2.45) is 5.73 Å². The topological polar surface area (TPSA) is 107 Å². The summed E-state index contributed by atoms with van der Waals surface area (Å²) in [6, 6.07) is 15.6. The molecule has 3 N–H and O–H groups in total. The second-order valence-corrected chi connectivity index (χ2v) is 5.77. The highest BCUT2D eigenvalue weighted by atomic mass is 32.2. The minimum absolute atomic E-state index is 0.148. The molecule has 3 rings (SSSR count). The number of aromatic nitrogens is 4. The molecule has 8 heteroatoms. The number of nitrogens with two attached hydrogens (primary N) is 1. The van der Waals surface area contributed by atoms with E-state index in [1.807, 2.05) is 30.3 Å². The zero-order valence-electron chi connectivity index (χ0n) is 11.9. The van der Waals surface area contributed by atoms with Crippen molar-refractivity contribution in [2.45, 2.75) is 10.4 Å². The first kappa shape index (κ1) is 15.0. The Morgan fingerprint density at radius 2 is 1.83 bits per heavy atom. The molecule has 0 fully saturated rings. The Labute approximate surface area is 136 Å². The smallest absolute Gasteiger partial charge is 0.235 e. The minimum atomic E-state index is -0.599. The molecule has 0 aliphatic heterocycles. The number of aromatic hydroxyl groups is 1. The van der Waals surface area contributed by atoms with E-state index in [-0.39, 0.29) is 5.75 Å². The van der Waals surface area contributed by atoms with E-state index in [9.17, 15) is 9.90 Å². The van der Waals surface area contributed by atoms with Crippen LogP contribution in [0, 0.1) is 0 Å². The summed E-state index contributed by atoms with van der Waals surface area (Å²) in [5, 5.41) is 20.7. The molecule has 1 heterocycles. The van der Waals surface area contributed by atoms with E-state index in [0.717, 1.165) is 5.56 Å². The van der Waals surface area contributed by atoms with Crippen LogP contribution >= 0.6 is 11.8 Å². The molecule has 116 valence electrons. The van der Waals surface area contributed by atoms with Crippen LogP contribution < -0.4 is 5.73 Å². The van der Waals surface area contributed by atoms with Gasteiger partial charge in [-0.2, -0.15) is 4.68 Å². The van der Waals surface area contributed by atoms with E-state index in [1.54, 1.807) is 12.1 Å². The van der Waals surface area contributed by atoms with Crippen LogP contribution in [0.5, 0.6) is 5.75 Å². The van der Waals surface area contributed by atoms with Gasteiger partial charge in [-0.3, -0.25) is 4.79 Å². The number of amides is 1. The molecule has 0 bridgehead atoms. The van der Waals surface area contributed by atoms with Gasteiger partial charge in [-0.05, 0) is 40.3 Å². The third kappa shape index (κ3) is 3.32. The van der Waals surface area contributed by atoms with Gasteiger partial charge >= 0.3 is 0 Å². The summed E-state index contributed by atoms with van der Waals surface area (Å²) >= 11 is 1.17. The normalized spacial score (nSPS) is 12.0. The molecule has 0 spiro atoms.